The van der Waals surface area contributed by atoms with E-state index in [-0.39, 0.29) is 0 Å². The lowest BCUT2D eigenvalue weighted by Crippen LogP contribution is -2.07. The highest BCUT2D eigenvalue weighted by molar-refractivity contribution is 5.71. The first-order chi connectivity index (χ1) is 9.70. The lowest BCUT2D eigenvalue weighted by Gasteiger charge is -2.14. The van der Waals surface area contributed by atoms with Gasteiger partial charge in [0.2, 0.25) is 0 Å². The van der Waals surface area contributed by atoms with Crippen LogP contribution in [-0.2, 0) is 0 Å². The average molecular weight is 267 g/mol. The van der Waals surface area contributed by atoms with Gasteiger partial charge in [0.15, 0.2) is 0 Å². The van der Waals surface area contributed by atoms with Crippen LogP contribution in [0.1, 0.15) is 42.6 Å². The van der Waals surface area contributed by atoms with Crippen LogP contribution in [0.3, 0.4) is 0 Å². The maximum Gasteiger partial charge on any atom is 0.134 e. The molecule has 20 heavy (non-hydrogen) atoms. The summed E-state index contributed by atoms with van der Waals surface area (Å²) in [6.07, 6.45) is 2.45. The Morgan fingerprint density at radius 3 is 2.55 bits per heavy atom. The van der Waals surface area contributed by atoms with E-state index in [1.807, 2.05) is 0 Å². The fraction of sp³-hybridized carbons (Fsp3) is 0.412. The van der Waals surface area contributed by atoms with E-state index in [4.69, 9.17) is 9.97 Å². The van der Waals surface area contributed by atoms with Crippen molar-refractivity contribution in [2.45, 2.75) is 39.5 Å². The second kappa shape index (κ2) is 5.23. The number of aromatic nitrogens is 2. The van der Waals surface area contributed by atoms with Gasteiger partial charge in [0.25, 0.3) is 0 Å². The molecule has 0 aliphatic heterocycles. The quantitative estimate of drug-likeness (QED) is 0.907. The molecule has 1 heterocycles. The highest BCUT2D eigenvalue weighted by Crippen LogP contribution is 2.40. The molecule has 3 rings (SSSR count). The van der Waals surface area contributed by atoms with Gasteiger partial charge in [0, 0.05) is 23.6 Å². The van der Waals surface area contributed by atoms with E-state index in [1.165, 1.54) is 24.0 Å². The van der Waals surface area contributed by atoms with E-state index in [0.29, 0.717) is 5.92 Å². The van der Waals surface area contributed by atoms with Crippen LogP contribution in [-0.4, -0.2) is 16.5 Å². The van der Waals surface area contributed by atoms with Crippen LogP contribution in [0, 0.1) is 13.8 Å². The molecule has 1 saturated carbocycles. The smallest absolute Gasteiger partial charge is 0.134 e. The zero-order valence-electron chi connectivity index (χ0n) is 12.4. The molecule has 1 aromatic carbocycles. The molecule has 0 radical (unpaired) electrons. The molecule has 1 aliphatic rings. The number of aryl methyl sites for hydroxylation is 1. The first-order valence-corrected chi connectivity index (χ1v) is 7.39. The molecular formula is C17H21N3. The Bertz CT molecular complexity index is 630. The number of hydrogen-bond acceptors (Lipinski definition) is 3. The van der Waals surface area contributed by atoms with Crippen LogP contribution in [0.15, 0.2) is 24.3 Å². The molecule has 2 aromatic rings. The molecule has 1 aliphatic carbocycles. The van der Waals surface area contributed by atoms with Crippen LogP contribution in [0.25, 0.3) is 11.3 Å². The predicted octanol–water partition coefficient (Wildman–Crippen LogP) is 4.07. The molecule has 104 valence electrons. The van der Waals surface area contributed by atoms with Crippen LogP contribution in [0.5, 0.6) is 0 Å². The monoisotopic (exact) mass is 267 g/mol. The van der Waals surface area contributed by atoms with Gasteiger partial charge in [-0.3, -0.25) is 0 Å². The third-order valence-electron chi connectivity index (χ3n) is 3.85. The normalized spacial score (nSPS) is 14.3. The minimum Gasteiger partial charge on any atom is -0.370 e. The molecule has 0 bridgehead atoms. The van der Waals surface area contributed by atoms with Crippen molar-refractivity contribution in [1.82, 2.24) is 9.97 Å². The largest absolute Gasteiger partial charge is 0.370 e. The van der Waals surface area contributed by atoms with E-state index in [1.54, 1.807) is 0 Å². The molecule has 0 unspecified atom stereocenters. The Morgan fingerprint density at radius 2 is 1.90 bits per heavy atom. The van der Waals surface area contributed by atoms with Gasteiger partial charge in [-0.1, -0.05) is 24.3 Å². The van der Waals surface area contributed by atoms with Gasteiger partial charge in [0.1, 0.15) is 11.6 Å². The first-order valence-electron chi connectivity index (χ1n) is 7.39. The SMILES string of the molecule is CCNc1nc(C2CC2)nc(-c2ccccc2C)c1C. The Balaban J connectivity index is 2.15. The Labute approximate surface area is 120 Å². The fourth-order valence-electron chi connectivity index (χ4n) is 2.50. The molecule has 1 N–H and O–H groups in total. The van der Waals surface area contributed by atoms with Crippen molar-refractivity contribution in [3.05, 3.63) is 41.2 Å². The molecule has 3 nitrogen and oxygen atoms in total. The van der Waals surface area contributed by atoms with Gasteiger partial charge in [0.05, 0.1) is 5.69 Å². The van der Waals surface area contributed by atoms with E-state index < -0.39 is 0 Å². The molecule has 3 heteroatoms. The highest BCUT2D eigenvalue weighted by Gasteiger charge is 2.28. The molecule has 1 fully saturated rings. The van der Waals surface area contributed by atoms with Gasteiger partial charge in [-0.25, -0.2) is 9.97 Å². The van der Waals surface area contributed by atoms with Crippen molar-refractivity contribution in [2.24, 2.45) is 0 Å². The molecule has 0 saturated heterocycles. The molecule has 0 amide bonds. The number of rotatable bonds is 4. The van der Waals surface area contributed by atoms with Gasteiger partial charge < -0.3 is 5.32 Å². The van der Waals surface area contributed by atoms with Crippen molar-refractivity contribution in [1.29, 1.82) is 0 Å². The third kappa shape index (κ3) is 2.40. The van der Waals surface area contributed by atoms with Crippen molar-refractivity contribution in [2.75, 3.05) is 11.9 Å². The van der Waals surface area contributed by atoms with Crippen molar-refractivity contribution >= 4 is 5.82 Å². The van der Waals surface area contributed by atoms with Gasteiger partial charge >= 0.3 is 0 Å². The summed E-state index contributed by atoms with van der Waals surface area (Å²) in [5.41, 5.74) is 4.70. The lowest BCUT2D eigenvalue weighted by atomic mass is 10.0. The van der Waals surface area contributed by atoms with E-state index >= 15 is 0 Å². The minimum atomic E-state index is 0.566. The highest BCUT2D eigenvalue weighted by atomic mass is 15.0. The summed E-state index contributed by atoms with van der Waals surface area (Å²) in [6.45, 7) is 7.23. The van der Waals surface area contributed by atoms with Crippen LogP contribution >= 0.6 is 0 Å². The predicted molar refractivity (Wildman–Crippen MR) is 83.1 cm³/mol. The molecule has 0 spiro atoms. The topological polar surface area (TPSA) is 37.8 Å². The Hall–Kier alpha value is -1.90. The number of nitrogens with zero attached hydrogens (tertiary/aromatic N) is 2. The molecular weight excluding hydrogens is 246 g/mol. The lowest BCUT2D eigenvalue weighted by molar-refractivity contribution is 0.918. The third-order valence-corrected chi connectivity index (χ3v) is 3.85. The number of benzene rings is 1. The fourth-order valence-corrected chi connectivity index (χ4v) is 2.50. The van der Waals surface area contributed by atoms with Crippen LogP contribution < -0.4 is 5.32 Å². The Kier molecular flexibility index (Phi) is 3.43. The maximum absolute atomic E-state index is 4.86. The second-order valence-electron chi connectivity index (χ2n) is 5.52. The van der Waals surface area contributed by atoms with E-state index in [0.717, 1.165) is 29.4 Å². The summed E-state index contributed by atoms with van der Waals surface area (Å²) in [6, 6.07) is 8.44. The molecule has 1 aromatic heterocycles. The maximum atomic E-state index is 4.86. The van der Waals surface area contributed by atoms with E-state index in [9.17, 15) is 0 Å². The van der Waals surface area contributed by atoms with Crippen molar-refractivity contribution < 1.29 is 0 Å². The summed E-state index contributed by atoms with van der Waals surface area (Å²) in [5.74, 6) is 2.56. The zero-order chi connectivity index (χ0) is 14.1. The number of nitrogens with one attached hydrogen (secondary N) is 1. The number of hydrogen-bond donors (Lipinski definition) is 1. The van der Waals surface area contributed by atoms with Gasteiger partial charge in [-0.15, -0.1) is 0 Å². The standard InChI is InChI=1S/C17H21N3/c1-4-18-16-12(3)15(14-8-6-5-7-11(14)2)19-17(20-16)13-9-10-13/h5-8,13H,4,9-10H2,1-3H3,(H,18,19,20). The summed E-state index contributed by atoms with van der Waals surface area (Å²) >= 11 is 0. The average Bonchev–Trinajstić information content (AvgIpc) is 3.27. The molecule has 0 atom stereocenters. The minimum absolute atomic E-state index is 0.566. The number of anilines is 1. The van der Waals surface area contributed by atoms with Crippen LogP contribution in [0.2, 0.25) is 0 Å². The second-order valence-corrected chi connectivity index (χ2v) is 5.52. The van der Waals surface area contributed by atoms with E-state index in [2.05, 4.69) is 50.4 Å². The summed E-state index contributed by atoms with van der Waals surface area (Å²) in [4.78, 5) is 9.57. The summed E-state index contributed by atoms with van der Waals surface area (Å²) in [5, 5.41) is 3.38. The first kappa shape index (κ1) is 13.1. The summed E-state index contributed by atoms with van der Waals surface area (Å²) in [7, 11) is 0. The van der Waals surface area contributed by atoms with Gasteiger partial charge in [-0.05, 0) is 39.2 Å². The Morgan fingerprint density at radius 1 is 1.15 bits per heavy atom. The van der Waals surface area contributed by atoms with Crippen molar-refractivity contribution in [3.8, 4) is 11.3 Å². The van der Waals surface area contributed by atoms with Crippen LogP contribution in [0.4, 0.5) is 5.82 Å². The zero-order valence-corrected chi connectivity index (χ0v) is 12.4. The van der Waals surface area contributed by atoms with Gasteiger partial charge in [-0.2, -0.15) is 0 Å². The summed E-state index contributed by atoms with van der Waals surface area (Å²) < 4.78 is 0. The van der Waals surface area contributed by atoms with Crippen molar-refractivity contribution in [3.63, 3.8) is 0 Å².